The number of rotatable bonds is 5. The topological polar surface area (TPSA) is 69.7 Å². The summed E-state index contributed by atoms with van der Waals surface area (Å²) in [6, 6.07) is 6.95. The zero-order valence-corrected chi connectivity index (χ0v) is 16.3. The summed E-state index contributed by atoms with van der Waals surface area (Å²) in [6.45, 7) is 7.17. The van der Waals surface area contributed by atoms with Crippen LogP contribution in [0, 0.1) is 16.7 Å². The van der Waals surface area contributed by atoms with Crippen LogP contribution in [0.2, 0.25) is 0 Å². The Balaban J connectivity index is 2.14. The minimum absolute atomic E-state index is 0.146. The van der Waals surface area contributed by atoms with Crippen molar-refractivity contribution in [1.29, 1.82) is 0 Å². The summed E-state index contributed by atoms with van der Waals surface area (Å²) in [5, 5.41) is 0. The summed E-state index contributed by atoms with van der Waals surface area (Å²) in [4.78, 5) is 38.9. The van der Waals surface area contributed by atoms with Gasteiger partial charge in [-0.3, -0.25) is 14.4 Å². The molecule has 3 atom stereocenters. The maximum atomic E-state index is 13.4. The Hall–Kier alpha value is -1.69. The molecule has 2 fully saturated rings. The third-order valence-corrected chi connectivity index (χ3v) is 6.11. The smallest absolute Gasteiger partial charge is 0.325 e. The number of hydrogen-bond acceptors (Lipinski definition) is 5. The lowest BCUT2D eigenvalue weighted by atomic mass is 9.81. The number of cyclic esters (lactones) is 1. The molecule has 0 spiro atoms. The molecular formula is C19H21BrO5. The summed E-state index contributed by atoms with van der Waals surface area (Å²) < 4.78 is 11.5. The number of fused-ring (bicyclic) bond motifs is 1. The van der Waals surface area contributed by atoms with Gasteiger partial charge in [0.2, 0.25) is 0 Å². The van der Waals surface area contributed by atoms with Gasteiger partial charge in [-0.05, 0) is 39.3 Å². The van der Waals surface area contributed by atoms with Gasteiger partial charge in [-0.15, -0.1) is 0 Å². The van der Waals surface area contributed by atoms with E-state index >= 15 is 0 Å². The molecule has 1 aliphatic heterocycles. The first-order chi connectivity index (χ1) is 11.7. The van der Waals surface area contributed by atoms with Gasteiger partial charge in [0, 0.05) is 16.0 Å². The number of ether oxygens (including phenoxy) is 2. The van der Waals surface area contributed by atoms with Gasteiger partial charge < -0.3 is 9.47 Å². The molecule has 5 nitrogen and oxygen atoms in total. The van der Waals surface area contributed by atoms with Gasteiger partial charge in [-0.1, -0.05) is 35.0 Å². The third kappa shape index (κ3) is 2.09. The van der Waals surface area contributed by atoms with Crippen molar-refractivity contribution >= 4 is 33.7 Å². The van der Waals surface area contributed by atoms with Crippen molar-refractivity contribution in [1.82, 2.24) is 0 Å². The molecule has 2 aliphatic rings. The van der Waals surface area contributed by atoms with E-state index in [1.165, 1.54) is 0 Å². The molecule has 1 aliphatic carbocycles. The Labute approximate surface area is 155 Å². The lowest BCUT2D eigenvalue weighted by molar-refractivity contribution is -0.166. The largest absolute Gasteiger partial charge is 0.465 e. The second-order valence-electron chi connectivity index (χ2n) is 7.12. The maximum Gasteiger partial charge on any atom is 0.325 e. The van der Waals surface area contributed by atoms with E-state index in [1.54, 1.807) is 45.0 Å². The first-order valence-corrected chi connectivity index (χ1v) is 9.20. The zero-order valence-electron chi connectivity index (χ0n) is 14.7. The minimum Gasteiger partial charge on any atom is -0.465 e. The Morgan fingerprint density at radius 3 is 2.32 bits per heavy atom. The molecular weight excluding hydrogens is 388 g/mol. The number of esters is 2. The first kappa shape index (κ1) is 18.1. The zero-order chi connectivity index (χ0) is 18.6. The lowest BCUT2D eigenvalue weighted by Gasteiger charge is -2.28. The van der Waals surface area contributed by atoms with Crippen LogP contribution in [-0.2, 0) is 19.1 Å². The van der Waals surface area contributed by atoms with E-state index in [4.69, 9.17) is 9.47 Å². The van der Waals surface area contributed by atoms with Crippen molar-refractivity contribution in [3.8, 4) is 0 Å². The van der Waals surface area contributed by atoms with Crippen LogP contribution < -0.4 is 0 Å². The number of ketones is 1. The molecule has 0 unspecified atom stereocenters. The molecule has 6 heteroatoms. The van der Waals surface area contributed by atoms with E-state index in [0.717, 1.165) is 4.47 Å². The highest BCUT2D eigenvalue weighted by atomic mass is 79.9. The van der Waals surface area contributed by atoms with E-state index in [-0.39, 0.29) is 12.4 Å². The number of benzene rings is 1. The molecule has 0 amide bonds. The summed E-state index contributed by atoms with van der Waals surface area (Å²) in [7, 11) is 0. The Morgan fingerprint density at radius 2 is 1.80 bits per heavy atom. The quantitative estimate of drug-likeness (QED) is 0.423. The molecule has 1 aromatic rings. The van der Waals surface area contributed by atoms with E-state index in [2.05, 4.69) is 15.9 Å². The number of Topliss-reactive ketones (excluding diaryl/α,β-unsaturated/α-hetero) is 1. The summed E-state index contributed by atoms with van der Waals surface area (Å²) in [5.74, 6) is -2.03. The Kier molecular flexibility index (Phi) is 4.10. The monoisotopic (exact) mass is 408 g/mol. The number of carbonyl (C=O) groups excluding carboxylic acids is 3. The van der Waals surface area contributed by atoms with Gasteiger partial charge in [0.05, 0.1) is 12.0 Å². The highest BCUT2D eigenvalue weighted by Crippen LogP contribution is 2.80. The van der Waals surface area contributed by atoms with Crippen molar-refractivity contribution in [2.45, 2.75) is 39.7 Å². The fourth-order valence-electron chi connectivity index (χ4n) is 4.77. The molecule has 1 saturated carbocycles. The fourth-order valence-corrected chi connectivity index (χ4v) is 5.03. The molecule has 0 N–H and O–H groups in total. The van der Waals surface area contributed by atoms with Crippen molar-refractivity contribution in [2.24, 2.45) is 16.7 Å². The third-order valence-electron chi connectivity index (χ3n) is 5.59. The van der Waals surface area contributed by atoms with E-state index in [1.807, 2.05) is 6.92 Å². The first-order valence-electron chi connectivity index (χ1n) is 8.41. The highest BCUT2D eigenvalue weighted by Gasteiger charge is 2.95. The highest BCUT2D eigenvalue weighted by molar-refractivity contribution is 9.10. The average molecular weight is 409 g/mol. The van der Waals surface area contributed by atoms with Crippen LogP contribution in [0.25, 0.3) is 0 Å². The normalized spacial score (nSPS) is 31.9. The van der Waals surface area contributed by atoms with Crippen LogP contribution in [0.5, 0.6) is 0 Å². The van der Waals surface area contributed by atoms with Gasteiger partial charge in [-0.25, -0.2) is 0 Å². The van der Waals surface area contributed by atoms with Crippen LogP contribution in [0.1, 0.15) is 44.5 Å². The standard InChI is InChI=1S/C19H21BrO5/c1-5-18(13(21)11-7-9-12(20)10-8-11)14-17(3,4)25-16(23)19(14,18)15(22)24-6-2/h7-10,14H,5-6H2,1-4H3/t14-,18+,19+/m1/s1. The van der Waals surface area contributed by atoms with Crippen LogP contribution in [0.3, 0.4) is 0 Å². The minimum atomic E-state index is -1.54. The van der Waals surface area contributed by atoms with Gasteiger partial charge in [0.1, 0.15) is 5.60 Å². The molecule has 25 heavy (non-hydrogen) atoms. The second kappa shape index (κ2) is 5.66. The molecule has 1 saturated heterocycles. The number of hydrogen-bond donors (Lipinski definition) is 0. The van der Waals surface area contributed by atoms with E-state index < -0.39 is 34.3 Å². The molecule has 3 rings (SSSR count). The SMILES string of the molecule is CCOC(=O)[C@]12C(=O)OC(C)(C)[C@@H]1[C@]2(CC)C(=O)c1ccc(Br)cc1. The number of carbonyl (C=O) groups is 3. The number of halogens is 1. The molecule has 0 bridgehead atoms. The summed E-state index contributed by atoms with van der Waals surface area (Å²) in [5.41, 5.74) is -3.07. The predicted molar refractivity (Wildman–Crippen MR) is 93.9 cm³/mol. The van der Waals surface area contributed by atoms with Crippen LogP contribution >= 0.6 is 15.9 Å². The molecule has 134 valence electrons. The summed E-state index contributed by atoms with van der Waals surface area (Å²) in [6.07, 6.45) is 0.365. The molecule has 1 heterocycles. The molecule has 0 aromatic heterocycles. The fraction of sp³-hybridized carbons (Fsp3) is 0.526. The predicted octanol–water partition coefficient (Wildman–Crippen LogP) is 3.54. The van der Waals surface area contributed by atoms with Gasteiger partial charge >= 0.3 is 11.9 Å². The van der Waals surface area contributed by atoms with E-state index in [9.17, 15) is 14.4 Å². The Morgan fingerprint density at radius 1 is 1.20 bits per heavy atom. The van der Waals surface area contributed by atoms with Gasteiger partial charge in [0.25, 0.3) is 0 Å². The summed E-state index contributed by atoms with van der Waals surface area (Å²) >= 11 is 3.35. The molecule has 1 aromatic carbocycles. The van der Waals surface area contributed by atoms with Crippen molar-refractivity contribution in [3.63, 3.8) is 0 Å². The lowest BCUT2D eigenvalue weighted by Crippen LogP contribution is -2.40. The van der Waals surface area contributed by atoms with Crippen molar-refractivity contribution < 1.29 is 23.9 Å². The van der Waals surface area contributed by atoms with E-state index in [0.29, 0.717) is 12.0 Å². The molecule has 0 radical (unpaired) electrons. The van der Waals surface area contributed by atoms with Crippen LogP contribution in [0.4, 0.5) is 0 Å². The van der Waals surface area contributed by atoms with Crippen molar-refractivity contribution in [3.05, 3.63) is 34.3 Å². The average Bonchev–Trinajstić information content (AvgIpc) is 3.15. The maximum absolute atomic E-state index is 13.4. The second-order valence-corrected chi connectivity index (χ2v) is 8.03. The van der Waals surface area contributed by atoms with Gasteiger partial charge in [-0.2, -0.15) is 0 Å². The van der Waals surface area contributed by atoms with Gasteiger partial charge in [0.15, 0.2) is 11.2 Å². The van der Waals surface area contributed by atoms with Crippen LogP contribution in [0.15, 0.2) is 28.7 Å². The van der Waals surface area contributed by atoms with Crippen molar-refractivity contribution in [2.75, 3.05) is 6.61 Å². The Bertz CT molecular complexity index is 754. The van der Waals surface area contributed by atoms with Crippen LogP contribution in [-0.4, -0.2) is 29.9 Å².